The zero-order chi connectivity index (χ0) is 22.2. The quantitative estimate of drug-likeness (QED) is 0.229. The molecule has 184 valence electrons. The van der Waals surface area contributed by atoms with Gasteiger partial charge in [-0.2, -0.15) is 0 Å². The minimum atomic E-state index is -0.700. The van der Waals surface area contributed by atoms with Crippen molar-refractivity contribution in [3.8, 4) is 0 Å². The lowest BCUT2D eigenvalue weighted by molar-refractivity contribution is -0.488. The number of nitrogens with one attached hydrogen (secondary N) is 5. The fraction of sp³-hybridized carbons (Fsp3) is 1.00. The highest BCUT2D eigenvalue weighted by atomic mass is 32.2. The minimum Gasteiger partial charge on any atom is -0.361 e. The van der Waals surface area contributed by atoms with Crippen LogP contribution in [0.5, 0.6) is 0 Å². The molecule has 2 heterocycles. The van der Waals surface area contributed by atoms with Gasteiger partial charge in [-0.15, -0.1) is 0 Å². The summed E-state index contributed by atoms with van der Waals surface area (Å²) in [5.74, 6) is 2.12. The molecule has 10 atom stereocenters. The molecule has 2 saturated heterocycles. The zero-order valence-electron chi connectivity index (χ0n) is 19.6. The third-order valence-corrected chi connectivity index (χ3v) is 10.3. The second kappa shape index (κ2) is 10.2. The van der Waals surface area contributed by atoms with Crippen LogP contribution in [0.3, 0.4) is 0 Å². The second-order valence-corrected chi connectivity index (χ2v) is 12.7. The van der Waals surface area contributed by atoms with E-state index < -0.39 is 10.8 Å². The smallest absolute Gasteiger partial charge is 0.128 e. The summed E-state index contributed by atoms with van der Waals surface area (Å²) in [6, 6.07) is 1.79. The third kappa shape index (κ3) is 5.08. The Morgan fingerprint density at radius 2 is 1.81 bits per heavy atom. The van der Waals surface area contributed by atoms with Crippen molar-refractivity contribution in [3.05, 3.63) is 0 Å². The molecule has 32 heavy (non-hydrogen) atoms. The highest BCUT2D eigenvalue weighted by Crippen LogP contribution is 2.42. The predicted molar refractivity (Wildman–Crippen MR) is 124 cm³/mol. The Hall–Kier alpha value is -0.170. The lowest BCUT2D eigenvalue weighted by Crippen LogP contribution is -2.75. The van der Waals surface area contributed by atoms with Crippen molar-refractivity contribution in [3.63, 3.8) is 0 Å². The summed E-state index contributed by atoms with van der Waals surface area (Å²) >= 11 is 0. The summed E-state index contributed by atoms with van der Waals surface area (Å²) in [4.78, 5) is 0. The van der Waals surface area contributed by atoms with Crippen LogP contribution >= 0.6 is 0 Å². The van der Waals surface area contributed by atoms with Gasteiger partial charge in [-0.1, -0.05) is 0 Å². The van der Waals surface area contributed by atoms with Crippen LogP contribution < -0.4 is 38.1 Å². The van der Waals surface area contributed by atoms with E-state index in [1.165, 1.54) is 25.7 Å². The predicted octanol–water partition coefficient (Wildman–Crippen LogP) is -2.41. The fourth-order valence-electron chi connectivity index (χ4n) is 7.24. The van der Waals surface area contributed by atoms with Crippen LogP contribution in [0.15, 0.2) is 0 Å². The molecule has 5 rings (SSSR count). The zero-order valence-corrected chi connectivity index (χ0v) is 20.4. The maximum absolute atomic E-state index is 11.8. The molecule has 11 N–H and O–H groups in total. The van der Waals surface area contributed by atoms with E-state index in [9.17, 15) is 4.21 Å². The number of quaternary nitrogens is 2. The first-order valence-electron chi connectivity index (χ1n) is 12.8. The minimum absolute atomic E-state index is 0.0143. The van der Waals surface area contributed by atoms with Crippen LogP contribution in [0.2, 0.25) is 0 Å². The Bertz CT molecular complexity index is 664. The van der Waals surface area contributed by atoms with Crippen molar-refractivity contribution >= 4 is 10.8 Å². The maximum Gasteiger partial charge on any atom is 0.128 e. The van der Waals surface area contributed by atoms with Gasteiger partial charge in [0, 0.05) is 47.9 Å². The summed E-state index contributed by atoms with van der Waals surface area (Å²) in [5, 5.41) is 18.5. The second-order valence-electron chi connectivity index (χ2n) is 11.0. The Balaban J connectivity index is 1.13. The van der Waals surface area contributed by atoms with Gasteiger partial charge in [0.2, 0.25) is 0 Å². The summed E-state index contributed by atoms with van der Waals surface area (Å²) in [5.41, 5.74) is 8.91. The molecular formula is C22H45N7O2S+2. The van der Waals surface area contributed by atoms with Crippen LogP contribution in [-0.2, 0) is 15.5 Å². The van der Waals surface area contributed by atoms with E-state index >= 15 is 0 Å². The molecule has 0 aromatic carbocycles. The lowest BCUT2D eigenvalue weighted by Gasteiger charge is -2.43. The number of ether oxygens (including phenoxy) is 1. The van der Waals surface area contributed by atoms with E-state index in [0.29, 0.717) is 29.3 Å². The van der Waals surface area contributed by atoms with Crippen molar-refractivity contribution in [1.82, 2.24) is 26.6 Å². The molecule has 0 amide bonds. The number of hydrogen-bond acceptors (Lipinski definition) is 7. The van der Waals surface area contributed by atoms with Gasteiger partial charge in [-0.3, -0.25) is 30.8 Å². The third-order valence-electron chi connectivity index (χ3n) is 8.89. The molecule has 4 unspecified atom stereocenters. The fourth-order valence-corrected chi connectivity index (χ4v) is 8.18. The van der Waals surface area contributed by atoms with Crippen LogP contribution in [0.25, 0.3) is 0 Å². The largest absolute Gasteiger partial charge is 0.361 e. The maximum atomic E-state index is 11.8. The van der Waals surface area contributed by atoms with Gasteiger partial charge in [0.05, 0.1) is 36.8 Å². The molecule has 3 aliphatic carbocycles. The van der Waals surface area contributed by atoms with Crippen molar-refractivity contribution in [2.24, 2.45) is 17.8 Å². The van der Waals surface area contributed by atoms with E-state index in [4.69, 9.17) is 4.74 Å². The van der Waals surface area contributed by atoms with Crippen molar-refractivity contribution < 1.29 is 20.4 Å². The molecule has 0 aromatic rings. The first-order chi connectivity index (χ1) is 15.5. The van der Waals surface area contributed by atoms with Gasteiger partial charge in [-0.05, 0) is 50.4 Å². The first-order valence-corrected chi connectivity index (χ1v) is 14.4. The van der Waals surface area contributed by atoms with Crippen molar-refractivity contribution in [1.29, 1.82) is 0 Å². The summed E-state index contributed by atoms with van der Waals surface area (Å²) in [7, 11) is -0.700. The average molecular weight is 472 g/mol. The molecule has 3 saturated carbocycles. The normalized spacial score (nSPS) is 50.0. The lowest BCUT2D eigenvalue weighted by atomic mass is 9.72. The number of rotatable bonds is 6. The molecule has 10 heteroatoms. The SMILES string of the molecule is C[S@](=O)C1CCC(NC2NC3NCNC3C(OC[C@H]3C[C@H]4CC[C@H]([NH3+])[C@H]4[C@@H]([NH3+])C3)N2)CC1. The van der Waals surface area contributed by atoms with E-state index in [0.717, 1.165) is 50.8 Å². The highest BCUT2D eigenvalue weighted by Gasteiger charge is 2.48. The topological polar surface area (TPSA) is 142 Å². The monoisotopic (exact) mass is 471 g/mol. The van der Waals surface area contributed by atoms with Crippen molar-refractivity contribution in [2.45, 2.75) is 99.5 Å². The van der Waals surface area contributed by atoms with E-state index in [2.05, 4.69) is 38.1 Å². The molecule has 0 aromatic heterocycles. The number of fused-ring (bicyclic) bond motifs is 2. The van der Waals surface area contributed by atoms with Crippen LogP contribution in [0, 0.1) is 17.8 Å². The van der Waals surface area contributed by atoms with Crippen LogP contribution in [0.4, 0.5) is 0 Å². The number of hydrogen-bond donors (Lipinski definition) is 7. The molecule has 5 fully saturated rings. The summed E-state index contributed by atoms with van der Waals surface area (Å²) in [6.45, 7) is 1.60. The van der Waals surface area contributed by atoms with Crippen LogP contribution in [0.1, 0.15) is 51.4 Å². The Morgan fingerprint density at radius 1 is 1.00 bits per heavy atom. The molecule has 2 aliphatic heterocycles. The standard InChI is InChI=1S/C22H43N7O2S/c1-32(30)15-5-3-14(4-6-15)27-22-28-20-19(25-11-26-20)21(29-22)31-10-12-8-13-2-7-16(23)18(13)17(24)9-12/h12-22,25-29H,2-11,23-24H2,1H3/p+2/t12-,13+,14?,15?,16-,17-,18-,19?,20?,21?,22?,32-/m0/s1. The molecule has 0 radical (unpaired) electrons. The molecule has 5 aliphatic rings. The van der Waals surface area contributed by atoms with Gasteiger partial charge in [0.1, 0.15) is 12.5 Å². The Labute approximate surface area is 194 Å². The van der Waals surface area contributed by atoms with Crippen LogP contribution in [-0.4, -0.2) is 71.8 Å². The Morgan fingerprint density at radius 3 is 2.59 bits per heavy atom. The average Bonchev–Trinajstić information content (AvgIpc) is 3.39. The molecular weight excluding hydrogens is 426 g/mol. The van der Waals surface area contributed by atoms with E-state index in [1.54, 1.807) is 0 Å². The molecule has 0 bridgehead atoms. The summed E-state index contributed by atoms with van der Waals surface area (Å²) in [6.07, 6.45) is 11.3. The molecule has 0 spiro atoms. The van der Waals surface area contributed by atoms with Gasteiger partial charge in [-0.25, -0.2) is 0 Å². The van der Waals surface area contributed by atoms with Gasteiger partial charge >= 0.3 is 0 Å². The summed E-state index contributed by atoms with van der Waals surface area (Å²) < 4.78 is 18.3. The van der Waals surface area contributed by atoms with Gasteiger partial charge in [0.25, 0.3) is 0 Å². The first kappa shape index (κ1) is 23.6. The van der Waals surface area contributed by atoms with E-state index in [1.807, 2.05) is 6.26 Å². The highest BCUT2D eigenvalue weighted by molar-refractivity contribution is 7.84. The van der Waals surface area contributed by atoms with Gasteiger partial charge in [0.15, 0.2) is 0 Å². The van der Waals surface area contributed by atoms with E-state index in [-0.39, 0.29) is 24.7 Å². The molecule has 9 nitrogen and oxygen atoms in total. The van der Waals surface area contributed by atoms with Gasteiger partial charge < -0.3 is 16.2 Å². The van der Waals surface area contributed by atoms with Crippen molar-refractivity contribution in [2.75, 3.05) is 19.5 Å². The Kier molecular flexibility index (Phi) is 7.52.